The molecule has 0 unspecified atom stereocenters. The number of halogens is 1. The van der Waals surface area contributed by atoms with Gasteiger partial charge in [0, 0.05) is 6.07 Å². The van der Waals surface area contributed by atoms with Crippen LogP contribution in [0, 0.1) is 5.82 Å². The Morgan fingerprint density at radius 2 is 1.57 bits per heavy atom. The molecular weight excluding hydrogens is 267 g/mol. The average molecular weight is 288 g/mol. The molecule has 2 nitrogen and oxygen atoms in total. The molecule has 0 atom stereocenters. The molecule has 21 heavy (non-hydrogen) atoms. The van der Waals surface area contributed by atoms with E-state index in [-0.39, 0.29) is 17.4 Å². The smallest absolute Gasteiger partial charge is 0.169 e. The zero-order valence-corrected chi connectivity index (χ0v) is 12.9. The molecule has 0 bridgehead atoms. The van der Waals surface area contributed by atoms with Crippen molar-refractivity contribution in [1.82, 2.24) is 0 Å². The van der Waals surface area contributed by atoms with Gasteiger partial charge in [-0.15, -0.1) is 0 Å². The van der Waals surface area contributed by atoms with Crippen LogP contribution < -0.4 is 4.74 Å². The minimum absolute atomic E-state index is 0.0243. The predicted octanol–water partition coefficient (Wildman–Crippen LogP) is 5.57. The van der Waals surface area contributed by atoms with Gasteiger partial charge in [-0.1, -0.05) is 39.8 Å². The summed E-state index contributed by atoms with van der Waals surface area (Å²) in [6.45, 7) is 8.04. The van der Waals surface area contributed by atoms with Crippen molar-refractivity contribution in [3.8, 4) is 17.2 Å². The Balaban J connectivity index is 2.28. The summed E-state index contributed by atoms with van der Waals surface area (Å²) in [5.41, 5.74) is 1.75. The lowest BCUT2D eigenvalue weighted by atomic mass is 10.0. The van der Waals surface area contributed by atoms with Crippen molar-refractivity contribution in [2.75, 3.05) is 0 Å². The maximum Gasteiger partial charge on any atom is 0.169 e. The molecule has 0 aliphatic rings. The number of hydrogen-bond acceptors (Lipinski definition) is 2. The van der Waals surface area contributed by atoms with E-state index in [0.29, 0.717) is 17.2 Å². The normalized spacial score (nSPS) is 11.2. The van der Waals surface area contributed by atoms with Crippen molar-refractivity contribution in [1.29, 1.82) is 0 Å². The van der Waals surface area contributed by atoms with Crippen LogP contribution >= 0.6 is 0 Å². The summed E-state index contributed by atoms with van der Waals surface area (Å²) >= 11 is 0. The third-order valence-electron chi connectivity index (χ3n) is 3.47. The maximum atomic E-state index is 13.7. The highest BCUT2D eigenvalue weighted by Gasteiger charge is 2.13. The van der Waals surface area contributed by atoms with Gasteiger partial charge in [0.15, 0.2) is 11.5 Å². The quantitative estimate of drug-likeness (QED) is 0.796. The number of rotatable bonds is 4. The first-order valence-electron chi connectivity index (χ1n) is 7.18. The van der Waals surface area contributed by atoms with Crippen LogP contribution in [0.25, 0.3) is 0 Å². The lowest BCUT2D eigenvalue weighted by Gasteiger charge is -2.13. The van der Waals surface area contributed by atoms with Crippen molar-refractivity contribution < 1.29 is 14.2 Å². The molecule has 0 saturated carbocycles. The Morgan fingerprint density at radius 1 is 0.952 bits per heavy atom. The van der Waals surface area contributed by atoms with E-state index in [4.69, 9.17) is 4.74 Å². The molecule has 112 valence electrons. The van der Waals surface area contributed by atoms with Gasteiger partial charge in [0.25, 0.3) is 0 Å². The summed E-state index contributed by atoms with van der Waals surface area (Å²) in [7, 11) is 0. The summed E-state index contributed by atoms with van der Waals surface area (Å²) in [4.78, 5) is 0. The lowest BCUT2D eigenvalue weighted by molar-refractivity contribution is 0.405. The Kier molecular flexibility index (Phi) is 4.51. The maximum absolute atomic E-state index is 13.7. The van der Waals surface area contributed by atoms with Gasteiger partial charge in [-0.05, 0) is 41.2 Å². The second-order valence-corrected chi connectivity index (χ2v) is 5.82. The zero-order chi connectivity index (χ0) is 15.6. The predicted molar refractivity (Wildman–Crippen MR) is 82.8 cm³/mol. The van der Waals surface area contributed by atoms with E-state index in [1.807, 2.05) is 38.1 Å². The molecule has 0 aliphatic heterocycles. The second-order valence-electron chi connectivity index (χ2n) is 5.82. The fourth-order valence-corrected chi connectivity index (χ4v) is 2.13. The second kappa shape index (κ2) is 6.17. The van der Waals surface area contributed by atoms with Crippen LogP contribution in [0.2, 0.25) is 0 Å². The van der Waals surface area contributed by atoms with Crippen LogP contribution in [0.4, 0.5) is 4.39 Å². The van der Waals surface area contributed by atoms with Gasteiger partial charge < -0.3 is 9.84 Å². The number of phenolic OH excluding ortho intramolecular Hbond substituents is 1. The van der Waals surface area contributed by atoms with Crippen LogP contribution in [-0.2, 0) is 0 Å². The number of benzene rings is 2. The van der Waals surface area contributed by atoms with Crippen molar-refractivity contribution in [2.45, 2.75) is 39.5 Å². The van der Waals surface area contributed by atoms with E-state index in [9.17, 15) is 9.50 Å². The van der Waals surface area contributed by atoms with Crippen LogP contribution in [0.1, 0.15) is 50.7 Å². The van der Waals surface area contributed by atoms with Gasteiger partial charge in [-0.25, -0.2) is 4.39 Å². The fraction of sp³-hybridized carbons (Fsp3) is 0.333. The molecule has 0 aliphatic carbocycles. The molecule has 2 aromatic carbocycles. The van der Waals surface area contributed by atoms with E-state index in [0.717, 1.165) is 6.07 Å². The highest BCUT2D eigenvalue weighted by Crippen LogP contribution is 2.35. The minimum Gasteiger partial charge on any atom is -0.504 e. The minimum atomic E-state index is -0.412. The third kappa shape index (κ3) is 3.54. The standard InChI is InChI=1S/C18H21FO2/c1-11(2)13-5-7-14(8-6-13)21-18-9-15(12(3)4)16(19)10-17(18)20/h5-12,20H,1-4H3. The largest absolute Gasteiger partial charge is 0.504 e. The molecule has 2 rings (SSSR count). The summed E-state index contributed by atoms with van der Waals surface area (Å²) in [6, 6.07) is 10.4. The van der Waals surface area contributed by atoms with Gasteiger partial charge in [-0.2, -0.15) is 0 Å². The van der Waals surface area contributed by atoms with Crippen molar-refractivity contribution >= 4 is 0 Å². The topological polar surface area (TPSA) is 29.5 Å². The number of aromatic hydroxyl groups is 1. The van der Waals surface area contributed by atoms with E-state index in [1.165, 1.54) is 5.56 Å². The lowest BCUT2D eigenvalue weighted by Crippen LogP contribution is -1.95. The van der Waals surface area contributed by atoms with Gasteiger partial charge in [0.1, 0.15) is 11.6 Å². The van der Waals surface area contributed by atoms with Gasteiger partial charge >= 0.3 is 0 Å². The Labute approximate surface area is 125 Å². The molecule has 0 fully saturated rings. The van der Waals surface area contributed by atoms with E-state index in [2.05, 4.69) is 13.8 Å². The van der Waals surface area contributed by atoms with E-state index < -0.39 is 5.82 Å². The fourth-order valence-electron chi connectivity index (χ4n) is 2.13. The molecule has 0 spiro atoms. The van der Waals surface area contributed by atoms with Crippen LogP contribution in [-0.4, -0.2) is 5.11 Å². The van der Waals surface area contributed by atoms with Crippen molar-refractivity contribution in [3.05, 3.63) is 53.3 Å². The van der Waals surface area contributed by atoms with Crippen LogP contribution in [0.3, 0.4) is 0 Å². The first kappa shape index (κ1) is 15.4. The van der Waals surface area contributed by atoms with Crippen LogP contribution in [0.15, 0.2) is 36.4 Å². The third-order valence-corrected chi connectivity index (χ3v) is 3.47. The molecule has 0 heterocycles. The Bertz CT molecular complexity index is 616. The summed E-state index contributed by atoms with van der Waals surface area (Å²) in [5, 5.41) is 9.84. The van der Waals surface area contributed by atoms with Gasteiger partial charge in [0.2, 0.25) is 0 Å². The van der Waals surface area contributed by atoms with Crippen LogP contribution in [0.5, 0.6) is 17.2 Å². The Hall–Kier alpha value is -2.03. The summed E-state index contributed by atoms with van der Waals surface area (Å²) in [6.07, 6.45) is 0. The first-order valence-corrected chi connectivity index (χ1v) is 7.18. The highest BCUT2D eigenvalue weighted by molar-refractivity contribution is 5.46. The molecule has 1 N–H and O–H groups in total. The van der Waals surface area contributed by atoms with Crippen molar-refractivity contribution in [3.63, 3.8) is 0 Å². The average Bonchev–Trinajstić information content (AvgIpc) is 2.42. The molecule has 0 saturated heterocycles. The number of phenols is 1. The number of hydrogen-bond donors (Lipinski definition) is 1. The Morgan fingerprint density at radius 3 is 2.10 bits per heavy atom. The highest BCUT2D eigenvalue weighted by atomic mass is 19.1. The van der Waals surface area contributed by atoms with Gasteiger partial charge in [-0.3, -0.25) is 0 Å². The summed E-state index contributed by atoms with van der Waals surface area (Å²) < 4.78 is 19.4. The molecule has 2 aromatic rings. The van der Waals surface area contributed by atoms with E-state index in [1.54, 1.807) is 6.07 Å². The monoisotopic (exact) mass is 288 g/mol. The first-order chi connectivity index (χ1) is 9.88. The molecule has 3 heteroatoms. The molecule has 0 aromatic heterocycles. The number of ether oxygens (including phenoxy) is 1. The SMILES string of the molecule is CC(C)c1ccc(Oc2cc(C(C)C)c(F)cc2O)cc1. The zero-order valence-electron chi connectivity index (χ0n) is 12.9. The molecule has 0 amide bonds. The summed E-state index contributed by atoms with van der Waals surface area (Å²) in [5.74, 6) is 0.769. The molecule has 0 radical (unpaired) electrons. The van der Waals surface area contributed by atoms with Gasteiger partial charge in [0.05, 0.1) is 0 Å². The van der Waals surface area contributed by atoms with Crippen molar-refractivity contribution in [2.24, 2.45) is 0 Å². The molecular formula is C18H21FO2. The van der Waals surface area contributed by atoms with E-state index >= 15 is 0 Å².